The van der Waals surface area contributed by atoms with E-state index in [0.717, 1.165) is 0 Å². The Morgan fingerprint density at radius 2 is 1.31 bits per heavy atom. The van der Waals surface area contributed by atoms with Crippen molar-refractivity contribution in [3.8, 4) is 0 Å². The molecule has 55 heavy (non-hydrogen) atoms. The number of guanidine groups is 1. The van der Waals surface area contributed by atoms with E-state index in [0.29, 0.717) is 43.2 Å². The molecule has 0 bridgehead atoms. The van der Waals surface area contributed by atoms with E-state index in [2.05, 4.69) is 26.3 Å². The first kappa shape index (κ1) is 45.9. The van der Waals surface area contributed by atoms with Gasteiger partial charge in [-0.25, -0.2) is 13.6 Å². The van der Waals surface area contributed by atoms with Crippen LogP contribution in [0.25, 0.3) is 0 Å². The number of nitrogens with two attached hydrogens (primary N) is 2. The average Bonchev–Trinajstić information content (AvgIpc) is 3.60. The lowest BCUT2D eigenvalue weighted by Crippen LogP contribution is -2.64. The van der Waals surface area contributed by atoms with Gasteiger partial charge in [-0.15, -0.1) is 0 Å². The largest absolute Gasteiger partial charge is 0.490 e. The molecule has 0 heterocycles. The van der Waals surface area contributed by atoms with E-state index >= 15 is 0 Å². The van der Waals surface area contributed by atoms with Crippen molar-refractivity contribution in [2.45, 2.75) is 108 Å². The fourth-order valence-corrected chi connectivity index (χ4v) is 5.90. The molecule has 304 valence electrons. The Morgan fingerprint density at radius 1 is 0.836 bits per heavy atom. The molecular formula is C37H50F5N7O6. The Bertz CT molecular complexity index is 1590. The van der Waals surface area contributed by atoms with Gasteiger partial charge in [0.1, 0.15) is 28.8 Å². The van der Waals surface area contributed by atoms with Crippen LogP contribution in [-0.2, 0) is 24.0 Å². The number of carboxylic acid groups (broad SMARTS) is 1. The summed E-state index contributed by atoms with van der Waals surface area (Å²) in [6.07, 6.45) is -1.98. The van der Waals surface area contributed by atoms with Crippen LogP contribution in [0.5, 0.6) is 0 Å². The highest BCUT2D eigenvalue weighted by molar-refractivity contribution is 5.97. The molecule has 1 aliphatic carbocycles. The summed E-state index contributed by atoms with van der Waals surface area (Å²) in [5.74, 6) is -5.95. The van der Waals surface area contributed by atoms with Crippen molar-refractivity contribution < 1.29 is 51.0 Å². The minimum atomic E-state index is -5.08. The molecule has 0 spiro atoms. The zero-order valence-electron chi connectivity index (χ0n) is 31.2. The molecule has 2 aromatic rings. The van der Waals surface area contributed by atoms with Crippen LogP contribution < -0.4 is 32.7 Å². The minimum absolute atomic E-state index is 0.106. The summed E-state index contributed by atoms with van der Waals surface area (Å²) < 4.78 is 59.3. The van der Waals surface area contributed by atoms with Crippen molar-refractivity contribution in [2.24, 2.45) is 22.4 Å². The lowest BCUT2D eigenvalue weighted by Gasteiger charge is -2.36. The third-order valence-electron chi connectivity index (χ3n) is 9.27. The van der Waals surface area contributed by atoms with Crippen LogP contribution in [0.3, 0.4) is 0 Å². The molecule has 0 radical (unpaired) electrons. The molecule has 2 aromatic carbocycles. The summed E-state index contributed by atoms with van der Waals surface area (Å²) >= 11 is 0. The molecule has 0 saturated heterocycles. The fraction of sp³-hybridized carbons (Fsp3) is 0.514. The number of nitrogens with one attached hydrogen (secondary N) is 4. The molecule has 0 unspecified atom stereocenters. The first-order chi connectivity index (χ1) is 25.7. The van der Waals surface area contributed by atoms with Gasteiger partial charge in [0.05, 0.1) is 6.04 Å². The average molecular weight is 784 g/mol. The maximum atomic E-state index is 14.2. The van der Waals surface area contributed by atoms with Gasteiger partial charge in [-0.1, -0.05) is 64.8 Å². The highest BCUT2D eigenvalue weighted by Crippen LogP contribution is 2.32. The maximum absolute atomic E-state index is 14.2. The SMILES string of the molecule is CCC(CC)(NC(=O)C(C)C)C(=O)N[C@@H](CCCN=C(N)N)C(=O)NC1(C(=O)NC(c2ccc(F)cc2)c2ccc(F)cc2)CCCC1.O=C(O)C(F)(F)F. The Labute approximate surface area is 316 Å². The Kier molecular flexibility index (Phi) is 17.0. The number of nitrogens with zero attached hydrogens (tertiary/aromatic N) is 1. The maximum Gasteiger partial charge on any atom is 0.490 e. The van der Waals surface area contributed by atoms with Gasteiger partial charge in [-0.05, 0) is 73.9 Å². The summed E-state index contributed by atoms with van der Waals surface area (Å²) in [7, 11) is 0. The van der Waals surface area contributed by atoms with E-state index in [4.69, 9.17) is 21.4 Å². The second-order valence-electron chi connectivity index (χ2n) is 13.5. The normalized spacial score (nSPS) is 14.2. The fourth-order valence-electron chi connectivity index (χ4n) is 5.90. The van der Waals surface area contributed by atoms with Gasteiger partial charge in [-0.3, -0.25) is 24.2 Å². The highest BCUT2D eigenvalue weighted by Gasteiger charge is 2.45. The van der Waals surface area contributed by atoms with Crippen LogP contribution in [0.1, 0.15) is 96.2 Å². The quantitative estimate of drug-likeness (QED) is 0.0568. The third-order valence-corrected chi connectivity index (χ3v) is 9.27. The number of benzene rings is 2. The van der Waals surface area contributed by atoms with Crippen molar-refractivity contribution in [1.29, 1.82) is 0 Å². The van der Waals surface area contributed by atoms with Gasteiger partial charge in [0, 0.05) is 12.5 Å². The van der Waals surface area contributed by atoms with E-state index in [1.54, 1.807) is 27.7 Å². The molecule has 1 saturated carbocycles. The van der Waals surface area contributed by atoms with Crippen LogP contribution in [0, 0.1) is 17.6 Å². The summed E-state index contributed by atoms with van der Waals surface area (Å²) in [6, 6.07) is 9.42. The summed E-state index contributed by atoms with van der Waals surface area (Å²) in [6.45, 7) is 7.24. The zero-order valence-corrected chi connectivity index (χ0v) is 31.2. The molecule has 18 heteroatoms. The number of carbonyl (C=O) groups is 5. The van der Waals surface area contributed by atoms with Gasteiger partial charge in [0.2, 0.25) is 23.6 Å². The van der Waals surface area contributed by atoms with E-state index in [1.165, 1.54) is 48.5 Å². The predicted molar refractivity (Wildman–Crippen MR) is 194 cm³/mol. The minimum Gasteiger partial charge on any atom is -0.475 e. The number of halogens is 5. The van der Waals surface area contributed by atoms with Gasteiger partial charge < -0.3 is 37.8 Å². The van der Waals surface area contributed by atoms with E-state index in [1.807, 2.05) is 0 Å². The van der Waals surface area contributed by atoms with E-state index < -0.39 is 64.7 Å². The lowest BCUT2D eigenvalue weighted by molar-refractivity contribution is -0.192. The number of hydrogen-bond donors (Lipinski definition) is 7. The number of alkyl halides is 3. The third kappa shape index (κ3) is 13.5. The Hall–Kier alpha value is -5.29. The molecule has 4 amide bonds. The van der Waals surface area contributed by atoms with Crippen molar-refractivity contribution in [3.63, 3.8) is 0 Å². The summed E-state index contributed by atoms with van der Waals surface area (Å²) in [4.78, 5) is 67.5. The smallest absolute Gasteiger partial charge is 0.475 e. The van der Waals surface area contributed by atoms with Crippen molar-refractivity contribution in [1.82, 2.24) is 21.3 Å². The van der Waals surface area contributed by atoms with Crippen LogP contribution in [0.4, 0.5) is 22.0 Å². The lowest BCUT2D eigenvalue weighted by atomic mass is 9.89. The number of hydrogen-bond acceptors (Lipinski definition) is 6. The molecule has 1 fully saturated rings. The molecule has 9 N–H and O–H groups in total. The van der Waals surface area contributed by atoms with E-state index in [9.17, 15) is 41.1 Å². The number of aliphatic imine (C=N–C) groups is 1. The van der Waals surface area contributed by atoms with Crippen molar-refractivity contribution in [3.05, 3.63) is 71.3 Å². The van der Waals surface area contributed by atoms with Crippen LogP contribution in [-0.4, -0.2) is 70.5 Å². The molecule has 13 nitrogen and oxygen atoms in total. The Balaban J connectivity index is 0.00000136. The predicted octanol–water partition coefficient (Wildman–Crippen LogP) is 4.10. The van der Waals surface area contributed by atoms with Gasteiger partial charge in [0.25, 0.3) is 0 Å². The molecule has 1 aliphatic rings. The molecule has 3 rings (SSSR count). The summed E-state index contributed by atoms with van der Waals surface area (Å²) in [5, 5.41) is 18.8. The number of carbonyl (C=O) groups excluding carboxylic acids is 4. The first-order valence-electron chi connectivity index (χ1n) is 17.8. The number of amides is 4. The van der Waals surface area contributed by atoms with Crippen LogP contribution >= 0.6 is 0 Å². The van der Waals surface area contributed by atoms with Crippen molar-refractivity contribution in [2.75, 3.05) is 6.54 Å². The van der Waals surface area contributed by atoms with Crippen molar-refractivity contribution >= 4 is 35.6 Å². The number of carboxylic acids is 1. The van der Waals surface area contributed by atoms with Gasteiger partial charge in [0.15, 0.2) is 5.96 Å². The summed E-state index contributed by atoms with van der Waals surface area (Å²) in [5.41, 5.74) is 9.52. The second kappa shape index (κ2) is 20.4. The molecule has 1 atom stereocenters. The van der Waals surface area contributed by atoms with Crippen LogP contribution in [0.15, 0.2) is 53.5 Å². The highest BCUT2D eigenvalue weighted by atomic mass is 19.4. The first-order valence-corrected chi connectivity index (χ1v) is 17.8. The number of rotatable bonds is 16. The van der Waals surface area contributed by atoms with Crippen LogP contribution in [0.2, 0.25) is 0 Å². The molecule has 0 aromatic heterocycles. The van der Waals surface area contributed by atoms with Gasteiger partial charge >= 0.3 is 12.1 Å². The molecule has 0 aliphatic heterocycles. The zero-order chi connectivity index (χ0) is 41.6. The molecular weight excluding hydrogens is 733 g/mol. The second-order valence-corrected chi connectivity index (χ2v) is 13.5. The monoisotopic (exact) mass is 783 g/mol. The van der Waals surface area contributed by atoms with E-state index in [-0.39, 0.29) is 43.6 Å². The Morgan fingerprint density at radius 3 is 1.71 bits per heavy atom. The topological polar surface area (TPSA) is 218 Å². The number of aliphatic carboxylic acids is 1. The standard InChI is InChI=1S/C35H49F2N7O4.C2HF3O2/c1-5-34(6-2,43-29(45)22(3)4)31(47)41-27(10-9-21-40-33(38)39)30(46)44-35(19-7-8-20-35)32(48)42-28(23-11-15-25(36)16-12-23)24-13-17-26(37)18-14-24;3-2(4,5)1(6)7/h11-18,22,27-28H,5-10,19-21H2,1-4H3,(H,41,47)(H,42,48)(H,43,45)(H,44,46)(H4,38,39,40);(H,6,7)/t27-;/m0./s1. The van der Waals surface area contributed by atoms with Gasteiger partial charge in [-0.2, -0.15) is 13.2 Å².